The molecular weight excluding hydrogens is 240 g/mol. The monoisotopic (exact) mass is 252 g/mol. The first-order valence-electron chi connectivity index (χ1n) is 5.50. The van der Waals surface area contributed by atoms with Gasteiger partial charge in [0.15, 0.2) is 11.8 Å². The molecule has 8 heteroatoms. The van der Waals surface area contributed by atoms with Crippen LogP contribution in [0.1, 0.15) is 0 Å². The van der Waals surface area contributed by atoms with Crippen molar-refractivity contribution in [1.29, 1.82) is 0 Å². The van der Waals surface area contributed by atoms with E-state index in [0.717, 1.165) is 0 Å². The Morgan fingerprint density at radius 3 is 3.17 bits per heavy atom. The Balaban J connectivity index is 1.81. The van der Waals surface area contributed by atoms with Crippen LogP contribution < -0.4 is 4.84 Å². The highest BCUT2D eigenvalue weighted by atomic mass is 16.7. The Kier molecular flexibility index (Phi) is 2.82. The van der Waals surface area contributed by atoms with Gasteiger partial charge in [-0.25, -0.2) is 15.0 Å². The molecule has 0 aromatic carbocycles. The summed E-state index contributed by atoms with van der Waals surface area (Å²) in [5.41, 5.74) is 1.12. The molecule has 3 rings (SSSR count). The molecule has 2 aromatic rings. The van der Waals surface area contributed by atoms with Crippen LogP contribution in [0, 0.1) is 0 Å². The van der Waals surface area contributed by atoms with Gasteiger partial charge in [-0.05, 0) is 0 Å². The largest absolute Gasteiger partial charge is 0.402 e. The molecular formula is C10H12N4O4. The number of rotatable bonds is 3. The van der Waals surface area contributed by atoms with Crippen LogP contribution in [0.2, 0.25) is 0 Å². The van der Waals surface area contributed by atoms with E-state index < -0.39 is 18.3 Å². The van der Waals surface area contributed by atoms with E-state index in [2.05, 4.69) is 15.0 Å². The number of aromatic nitrogens is 4. The van der Waals surface area contributed by atoms with Crippen molar-refractivity contribution in [3.05, 3.63) is 18.9 Å². The van der Waals surface area contributed by atoms with E-state index >= 15 is 0 Å². The minimum Gasteiger partial charge on any atom is -0.402 e. The lowest BCUT2D eigenvalue weighted by molar-refractivity contribution is -0.0307. The lowest BCUT2D eigenvalue weighted by Crippen LogP contribution is -2.39. The summed E-state index contributed by atoms with van der Waals surface area (Å²) in [4.78, 5) is 17.5. The Hall–Kier alpha value is -1.77. The molecule has 8 nitrogen and oxygen atoms in total. The standard InChI is InChI=1S/C10H12N4O4/c15-2-7-9(16)8(3-17-7)18-14-5-13-6-1-11-4-12-10(6)14/h1,4-5,7-9,15-16H,2-3H2/t7-,8+,9-/m1/s1. The molecule has 3 atom stereocenters. The maximum atomic E-state index is 9.84. The Morgan fingerprint density at radius 2 is 2.39 bits per heavy atom. The van der Waals surface area contributed by atoms with Gasteiger partial charge >= 0.3 is 0 Å². The zero-order chi connectivity index (χ0) is 12.5. The minimum absolute atomic E-state index is 0.206. The molecule has 0 bridgehead atoms. The van der Waals surface area contributed by atoms with Gasteiger partial charge in [0.1, 0.15) is 30.4 Å². The summed E-state index contributed by atoms with van der Waals surface area (Å²) in [6.07, 6.45) is 2.36. The molecule has 0 amide bonds. The highest BCUT2D eigenvalue weighted by molar-refractivity contribution is 5.68. The van der Waals surface area contributed by atoms with Gasteiger partial charge in [-0.2, -0.15) is 4.73 Å². The fraction of sp³-hybridized carbons (Fsp3) is 0.500. The van der Waals surface area contributed by atoms with E-state index in [0.29, 0.717) is 11.2 Å². The van der Waals surface area contributed by atoms with Crippen LogP contribution in [0.3, 0.4) is 0 Å². The number of aliphatic hydroxyl groups excluding tert-OH is 2. The number of hydrogen-bond donors (Lipinski definition) is 2. The quantitative estimate of drug-likeness (QED) is 0.676. The molecule has 2 aromatic heterocycles. The zero-order valence-corrected chi connectivity index (χ0v) is 9.38. The van der Waals surface area contributed by atoms with Crippen molar-refractivity contribution >= 4 is 11.2 Å². The van der Waals surface area contributed by atoms with Gasteiger partial charge < -0.3 is 19.8 Å². The van der Waals surface area contributed by atoms with Crippen molar-refractivity contribution in [2.24, 2.45) is 0 Å². The molecule has 0 unspecified atom stereocenters. The zero-order valence-electron chi connectivity index (χ0n) is 9.38. The van der Waals surface area contributed by atoms with E-state index in [1.165, 1.54) is 17.4 Å². The Morgan fingerprint density at radius 1 is 1.50 bits per heavy atom. The maximum Gasteiger partial charge on any atom is 0.199 e. The molecule has 0 radical (unpaired) electrons. The average molecular weight is 252 g/mol. The lowest BCUT2D eigenvalue weighted by atomic mass is 10.2. The van der Waals surface area contributed by atoms with Gasteiger partial charge in [0.05, 0.1) is 19.4 Å². The number of ether oxygens (including phenoxy) is 1. The molecule has 1 aliphatic rings. The van der Waals surface area contributed by atoms with Crippen LogP contribution in [0.25, 0.3) is 11.2 Å². The van der Waals surface area contributed by atoms with Gasteiger partial charge in [-0.15, -0.1) is 0 Å². The molecule has 0 aliphatic carbocycles. The van der Waals surface area contributed by atoms with Gasteiger partial charge in [0, 0.05) is 0 Å². The number of imidazole rings is 1. The fourth-order valence-corrected chi connectivity index (χ4v) is 1.88. The Labute approximate surface area is 102 Å². The highest BCUT2D eigenvalue weighted by Crippen LogP contribution is 2.16. The SMILES string of the molecule is OC[C@H]1OC[C@H](On2cnc3cncnc32)[C@@H]1O. The number of fused-ring (bicyclic) bond motifs is 1. The summed E-state index contributed by atoms with van der Waals surface area (Å²) in [5, 5.41) is 18.8. The van der Waals surface area contributed by atoms with Crippen molar-refractivity contribution in [3.63, 3.8) is 0 Å². The predicted octanol–water partition coefficient (Wildman–Crippen LogP) is -1.62. The summed E-state index contributed by atoms with van der Waals surface area (Å²) in [6, 6.07) is 0. The smallest absolute Gasteiger partial charge is 0.199 e. The fourth-order valence-electron chi connectivity index (χ4n) is 1.88. The summed E-state index contributed by atoms with van der Waals surface area (Å²) >= 11 is 0. The average Bonchev–Trinajstić information content (AvgIpc) is 2.96. The van der Waals surface area contributed by atoms with Gasteiger partial charge in [0.2, 0.25) is 0 Å². The second-order valence-electron chi connectivity index (χ2n) is 3.99. The first-order chi connectivity index (χ1) is 8.79. The van der Waals surface area contributed by atoms with Crippen LogP contribution in [0.4, 0.5) is 0 Å². The van der Waals surface area contributed by atoms with Crippen molar-refractivity contribution in [3.8, 4) is 0 Å². The number of nitrogens with zero attached hydrogens (tertiary/aromatic N) is 4. The molecule has 2 N–H and O–H groups in total. The van der Waals surface area contributed by atoms with Crippen molar-refractivity contribution in [1.82, 2.24) is 19.7 Å². The van der Waals surface area contributed by atoms with Gasteiger partial charge in [0.25, 0.3) is 0 Å². The maximum absolute atomic E-state index is 9.84. The molecule has 0 saturated carbocycles. The van der Waals surface area contributed by atoms with E-state index in [1.54, 1.807) is 6.20 Å². The summed E-state index contributed by atoms with van der Waals surface area (Å²) < 4.78 is 6.57. The molecule has 1 saturated heterocycles. The number of aliphatic hydroxyl groups is 2. The second kappa shape index (κ2) is 4.48. The highest BCUT2D eigenvalue weighted by Gasteiger charge is 2.37. The van der Waals surface area contributed by atoms with Crippen LogP contribution in [-0.4, -0.2) is 61.4 Å². The summed E-state index contributed by atoms with van der Waals surface area (Å²) in [7, 11) is 0. The normalized spacial score (nSPS) is 27.8. The molecule has 0 spiro atoms. The second-order valence-corrected chi connectivity index (χ2v) is 3.99. The predicted molar refractivity (Wildman–Crippen MR) is 58.5 cm³/mol. The topological polar surface area (TPSA) is 103 Å². The van der Waals surface area contributed by atoms with Gasteiger partial charge in [-0.3, -0.25) is 0 Å². The van der Waals surface area contributed by atoms with Crippen LogP contribution >= 0.6 is 0 Å². The van der Waals surface area contributed by atoms with Gasteiger partial charge in [-0.1, -0.05) is 0 Å². The third-order valence-corrected chi connectivity index (χ3v) is 2.85. The molecule has 18 heavy (non-hydrogen) atoms. The molecule has 1 aliphatic heterocycles. The summed E-state index contributed by atoms with van der Waals surface area (Å²) in [6.45, 7) is -0.0367. The van der Waals surface area contributed by atoms with E-state index in [1.807, 2.05) is 0 Å². The molecule has 1 fully saturated rings. The van der Waals surface area contributed by atoms with Crippen LogP contribution in [-0.2, 0) is 4.74 Å². The van der Waals surface area contributed by atoms with E-state index in [4.69, 9.17) is 14.7 Å². The number of hydrogen-bond acceptors (Lipinski definition) is 7. The van der Waals surface area contributed by atoms with E-state index in [-0.39, 0.29) is 13.2 Å². The lowest BCUT2D eigenvalue weighted by Gasteiger charge is -2.17. The van der Waals surface area contributed by atoms with Crippen molar-refractivity contribution in [2.75, 3.05) is 13.2 Å². The van der Waals surface area contributed by atoms with Crippen molar-refractivity contribution in [2.45, 2.75) is 18.3 Å². The molecule has 96 valence electrons. The Bertz CT molecular complexity index is 545. The van der Waals surface area contributed by atoms with Crippen molar-refractivity contribution < 1.29 is 19.8 Å². The minimum atomic E-state index is -0.880. The third kappa shape index (κ3) is 1.80. The first kappa shape index (κ1) is 11.3. The van der Waals surface area contributed by atoms with E-state index in [9.17, 15) is 5.11 Å². The first-order valence-corrected chi connectivity index (χ1v) is 5.50. The van der Waals surface area contributed by atoms with Crippen LogP contribution in [0.15, 0.2) is 18.9 Å². The summed E-state index contributed by atoms with van der Waals surface area (Å²) in [5.74, 6) is 0. The third-order valence-electron chi connectivity index (χ3n) is 2.85. The molecule has 3 heterocycles. The van der Waals surface area contributed by atoms with Crippen LogP contribution in [0.5, 0.6) is 0 Å².